The summed E-state index contributed by atoms with van der Waals surface area (Å²) in [5, 5.41) is 8.84. The van der Waals surface area contributed by atoms with E-state index in [0.717, 1.165) is 24.0 Å². The largest absolute Gasteiger partial charge is 0.472 e. The van der Waals surface area contributed by atoms with Crippen LogP contribution >= 0.6 is 0 Å². The van der Waals surface area contributed by atoms with E-state index >= 15 is 0 Å². The number of carbonyl (C=O) groups is 2. The van der Waals surface area contributed by atoms with Gasteiger partial charge in [-0.1, -0.05) is 6.92 Å². The van der Waals surface area contributed by atoms with Crippen LogP contribution in [0.2, 0.25) is 0 Å². The zero-order valence-electron chi connectivity index (χ0n) is 15.4. The van der Waals surface area contributed by atoms with Crippen molar-refractivity contribution in [1.29, 1.82) is 5.26 Å². The number of cyclic esters (lactones) is 1. The first-order chi connectivity index (χ1) is 13.5. The summed E-state index contributed by atoms with van der Waals surface area (Å²) in [5.41, 5.74) is 2.65. The predicted octanol–water partition coefficient (Wildman–Crippen LogP) is 4.09. The number of carbonyl (C=O) groups excluding carboxylic acids is 2. The smallest absolute Gasteiger partial charge is 0.338 e. The second kappa shape index (κ2) is 7.01. The molecule has 2 aromatic rings. The number of hydrogen-bond acceptors (Lipinski definition) is 6. The van der Waals surface area contributed by atoms with Gasteiger partial charge in [-0.3, -0.25) is 0 Å². The van der Waals surface area contributed by atoms with E-state index in [0.29, 0.717) is 23.1 Å². The zero-order valence-corrected chi connectivity index (χ0v) is 15.4. The van der Waals surface area contributed by atoms with E-state index in [1.165, 1.54) is 0 Å². The highest BCUT2D eigenvalue weighted by molar-refractivity contribution is 5.94. The summed E-state index contributed by atoms with van der Waals surface area (Å²) in [7, 11) is 0. The Morgan fingerprint density at radius 1 is 1.32 bits per heavy atom. The molecule has 2 aliphatic rings. The Morgan fingerprint density at radius 3 is 2.79 bits per heavy atom. The molecular formula is C22H19NO5. The first kappa shape index (κ1) is 18.1. The predicted molar refractivity (Wildman–Crippen MR) is 98.0 cm³/mol. The minimum atomic E-state index is -0.484. The fraction of sp³-hybridized carbons (Fsp3) is 0.318. The topological polar surface area (TPSA) is 89.5 Å². The maximum atomic E-state index is 12.6. The van der Waals surface area contributed by atoms with Crippen LogP contribution in [0.4, 0.5) is 0 Å². The van der Waals surface area contributed by atoms with Gasteiger partial charge in [0.15, 0.2) is 0 Å². The molecule has 1 aliphatic carbocycles. The van der Waals surface area contributed by atoms with Crippen molar-refractivity contribution in [3.63, 3.8) is 0 Å². The van der Waals surface area contributed by atoms with Crippen LogP contribution in [0.5, 0.6) is 0 Å². The third-order valence-electron chi connectivity index (χ3n) is 5.58. The number of furan rings is 1. The van der Waals surface area contributed by atoms with Crippen molar-refractivity contribution in [2.45, 2.75) is 32.3 Å². The van der Waals surface area contributed by atoms with E-state index in [9.17, 15) is 9.59 Å². The minimum absolute atomic E-state index is 0.0525. The van der Waals surface area contributed by atoms with Crippen LogP contribution in [0.25, 0.3) is 0 Å². The molecule has 6 nitrogen and oxygen atoms in total. The number of nitriles is 1. The lowest BCUT2D eigenvalue weighted by atomic mass is 9.68. The second-order valence-electron chi connectivity index (χ2n) is 7.36. The lowest BCUT2D eigenvalue weighted by Crippen LogP contribution is -2.28. The summed E-state index contributed by atoms with van der Waals surface area (Å²) in [5.74, 6) is -0.833. The summed E-state index contributed by atoms with van der Waals surface area (Å²) in [6.07, 6.45) is 5.17. The first-order valence-corrected chi connectivity index (χ1v) is 9.16. The zero-order chi connectivity index (χ0) is 19.7. The molecule has 28 heavy (non-hydrogen) atoms. The molecule has 1 aliphatic heterocycles. The molecule has 142 valence electrons. The van der Waals surface area contributed by atoms with Gasteiger partial charge in [0, 0.05) is 16.6 Å². The Hall–Kier alpha value is -3.33. The van der Waals surface area contributed by atoms with E-state index in [-0.39, 0.29) is 12.6 Å². The van der Waals surface area contributed by atoms with Crippen LogP contribution in [0.15, 0.2) is 58.4 Å². The average molecular weight is 377 g/mol. The van der Waals surface area contributed by atoms with Gasteiger partial charge < -0.3 is 13.9 Å². The third kappa shape index (κ3) is 2.99. The van der Waals surface area contributed by atoms with E-state index in [2.05, 4.69) is 0 Å². The van der Waals surface area contributed by atoms with Gasteiger partial charge >= 0.3 is 11.9 Å². The Balaban J connectivity index is 1.55. The van der Waals surface area contributed by atoms with Gasteiger partial charge in [0.1, 0.15) is 12.7 Å². The van der Waals surface area contributed by atoms with Gasteiger partial charge in [0.05, 0.1) is 29.7 Å². The Kier molecular flexibility index (Phi) is 4.52. The fourth-order valence-corrected chi connectivity index (χ4v) is 4.18. The van der Waals surface area contributed by atoms with Gasteiger partial charge in [-0.05, 0) is 55.2 Å². The lowest BCUT2D eigenvalue weighted by molar-refractivity contribution is -0.140. The molecular weight excluding hydrogens is 358 g/mol. The quantitative estimate of drug-likeness (QED) is 0.746. The molecule has 6 heteroatoms. The maximum Gasteiger partial charge on any atom is 0.338 e. The molecule has 0 amide bonds. The van der Waals surface area contributed by atoms with Gasteiger partial charge in [0.25, 0.3) is 0 Å². The molecule has 2 heterocycles. The van der Waals surface area contributed by atoms with Gasteiger partial charge in [-0.15, -0.1) is 0 Å². The van der Waals surface area contributed by atoms with Crippen LogP contribution in [0.1, 0.15) is 53.8 Å². The van der Waals surface area contributed by atoms with E-state index in [1.54, 1.807) is 36.8 Å². The molecule has 1 aromatic carbocycles. The first-order valence-electron chi connectivity index (χ1n) is 9.16. The normalized spacial score (nSPS) is 23.7. The van der Waals surface area contributed by atoms with Crippen molar-refractivity contribution in [3.8, 4) is 6.07 Å². The number of rotatable bonds is 4. The highest BCUT2D eigenvalue weighted by Crippen LogP contribution is 2.55. The number of fused-ring (bicyclic) bond motifs is 1. The Morgan fingerprint density at radius 2 is 2.11 bits per heavy atom. The molecule has 0 spiro atoms. The second-order valence-corrected chi connectivity index (χ2v) is 7.36. The number of ether oxygens (including phenoxy) is 2. The summed E-state index contributed by atoms with van der Waals surface area (Å²) in [6, 6.07) is 10.1. The van der Waals surface area contributed by atoms with Crippen molar-refractivity contribution in [3.05, 3.63) is 70.7 Å². The number of hydrogen-bond donors (Lipinski definition) is 0. The molecule has 0 bridgehead atoms. The van der Waals surface area contributed by atoms with Gasteiger partial charge in [-0.25, -0.2) is 9.59 Å². The Labute approximate surface area is 162 Å². The third-order valence-corrected chi connectivity index (χ3v) is 5.58. The monoisotopic (exact) mass is 377 g/mol. The summed E-state index contributed by atoms with van der Waals surface area (Å²) < 4.78 is 16.3. The highest BCUT2D eigenvalue weighted by Gasteiger charge is 2.53. The molecule has 0 unspecified atom stereocenters. The van der Waals surface area contributed by atoms with E-state index < -0.39 is 17.5 Å². The summed E-state index contributed by atoms with van der Waals surface area (Å²) >= 11 is 0. The fourth-order valence-electron chi connectivity index (χ4n) is 4.18. The van der Waals surface area contributed by atoms with Crippen molar-refractivity contribution < 1.29 is 23.5 Å². The standard InChI is InChI=1S/C22H19NO5/c1-22-9-2-3-16(13-27-20(24)15-6-4-14(11-23)5-7-15)18(22)21(25)28-19(22)17-8-10-26-12-17/h4-8,10,12,19H,2-3,9,13H2,1H3/t19-,22+/m0/s1. The molecule has 2 atom stereocenters. The average Bonchev–Trinajstić information content (AvgIpc) is 3.32. The lowest BCUT2D eigenvalue weighted by Gasteiger charge is -2.33. The van der Waals surface area contributed by atoms with Crippen LogP contribution in [0, 0.1) is 16.7 Å². The number of esters is 2. The van der Waals surface area contributed by atoms with Gasteiger partial charge in [-0.2, -0.15) is 5.26 Å². The minimum Gasteiger partial charge on any atom is -0.472 e. The SMILES string of the molecule is C[C@@]12CCCC(COC(=O)c3ccc(C#N)cc3)=C1C(=O)O[C@H]2c1ccoc1. The van der Waals surface area contributed by atoms with Crippen molar-refractivity contribution in [2.75, 3.05) is 6.61 Å². The molecule has 4 rings (SSSR count). The van der Waals surface area contributed by atoms with Crippen molar-refractivity contribution >= 4 is 11.9 Å². The van der Waals surface area contributed by atoms with Gasteiger partial charge in [0.2, 0.25) is 0 Å². The molecule has 0 radical (unpaired) electrons. The van der Waals surface area contributed by atoms with Crippen LogP contribution in [-0.4, -0.2) is 18.5 Å². The van der Waals surface area contributed by atoms with Crippen LogP contribution in [0.3, 0.4) is 0 Å². The highest BCUT2D eigenvalue weighted by atomic mass is 16.6. The molecule has 1 aromatic heterocycles. The van der Waals surface area contributed by atoms with Crippen molar-refractivity contribution in [2.24, 2.45) is 5.41 Å². The summed E-state index contributed by atoms with van der Waals surface area (Å²) in [6.45, 7) is 2.07. The Bertz CT molecular complexity index is 981. The molecule has 0 saturated carbocycles. The molecule has 1 fully saturated rings. The number of nitrogens with zero attached hydrogens (tertiary/aromatic N) is 1. The molecule has 1 saturated heterocycles. The van der Waals surface area contributed by atoms with Crippen molar-refractivity contribution in [1.82, 2.24) is 0 Å². The van der Waals surface area contributed by atoms with E-state index in [1.807, 2.05) is 19.1 Å². The van der Waals surface area contributed by atoms with E-state index in [4.69, 9.17) is 19.2 Å². The number of benzene rings is 1. The maximum absolute atomic E-state index is 12.6. The van der Waals surface area contributed by atoms with Crippen LogP contribution < -0.4 is 0 Å². The molecule has 0 N–H and O–H groups in total. The van der Waals surface area contributed by atoms with Crippen LogP contribution in [-0.2, 0) is 14.3 Å². The summed E-state index contributed by atoms with van der Waals surface area (Å²) in [4.78, 5) is 25.0.